The maximum atomic E-state index is 12.8. The van der Waals surface area contributed by atoms with Crippen molar-refractivity contribution in [2.45, 2.75) is 43.9 Å². The van der Waals surface area contributed by atoms with Crippen LogP contribution in [0.2, 0.25) is 0 Å². The Hall–Kier alpha value is -2.91. The highest BCUT2D eigenvalue weighted by Gasteiger charge is 2.46. The number of fused-ring (bicyclic) bond motifs is 1. The molecule has 0 saturated heterocycles. The van der Waals surface area contributed by atoms with E-state index in [9.17, 15) is 28.5 Å². The summed E-state index contributed by atoms with van der Waals surface area (Å²) in [6.45, 7) is 0.321. The van der Waals surface area contributed by atoms with Gasteiger partial charge in [-0.3, -0.25) is 0 Å². The molecule has 14 heteroatoms. The summed E-state index contributed by atoms with van der Waals surface area (Å²) in [6.07, 6.45) is -6.38. The first-order valence-corrected chi connectivity index (χ1v) is 13.1. The number of hydrogen-bond donors (Lipinski definition) is 5. The summed E-state index contributed by atoms with van der Waals surface area (Å²) in [5, 5.41) is 40.2. The van der Waals surface area contributed by atoms with Crippen molar-refractivity contribution < 1.29 is 28.5 Å². The lowest BCUT2D eigenvalue weighted by molar-refractivity contribution is -0.115. The first-order valence-electron chi connectivity index (χ1n) is 11.4. The zero-order valence-corrected chi connectivity index (χ0v) is 21.0. The van der Waals surface area contributed by atoms with Crippen molar-refractivity contribution in [1.29, 1.82) is 0 Å². The highest BCUT2D eigenvalue weighted by Crippen LogP contribution is 2.41. The Labute approximate surface area is 217 Å². The summed E-state index contributed by atoms with van der Waals surface area (Å²) in [6, 6.07) is 6.72. The van der Waals surface area contributed by atoms with Crippen LogP contribution in [0.15, 0.2) is 35.8 Å². The predicted molar refractivity (Wildman–Crippen MR) is 135 cm³/mol. The van der Waals surface area contributed by atoms with E-state index >= 15 is 0 Å². The van der Waals surface area contributed by atoms with Crippen LogP contribution in [-0.2, 0) is 0 Å². The van der Waals surface area contributed by atoms with Gasteiger partial charge in [0, 0.05) is 17.5 Å². The molecule has 9 nitrogen and oxygen atoms in total. The van der Waals surface area contributed by atoms with Gasteiger partial charge in [0.25, 0.3) is 0 Å². The maximum absolute atomic E-state index is 12.8. The molecule has 5 atom stereocenters. The molecule has 196 valence electrons. The minimum Gasteiger partial charge on any atom is -0.390 e. The number of halogens is 3. The molecule has 1 fully saturated rings. The van der Waals surface area contributed by atoms with Crippen LogP contribution in [0, 0.1) is 12.8 Å². The third-order valence-corrected chi connectivity index (χ3v) is 8.10. The Bertz CT molecular complexity index is 1350. The summed E-state index contributed by atoms with van der Waals surface area (Å²) in [5.74, 6) is -0.790. The van der Waals surface area contributed by atoms with Crippen molar-refractivity contribution in [2.75, 3.05) is 17.2 Å². The molecule has 5 rings (SSSR count). The number of aliphatic hydroxyl groups is 3. The summed E-state index contributed by atoms with van der Waals surface area (Å²) in [4.78, 5) is 17.2. The molecular weight excluding hydrogens is 529 g/mol. The van der Waals surface area contributed by atoms with Gasteiger partial charge < -0.3 is 26.0 Å². The van der Waals surface area contributed by atoms with Gasteiger partial charge in [-0.1, -0.05) is 12.1 Å². The summed E-state index contributed by atoms with van der Waals surface area (Å²) < 4.78 is 39.4. The maximum Gasteiger partial charge on any atom is 0.405 e. The van der Waals surface area contributed by atoms with Gasteiger partial charge in [0.1, 0.15) is 34.6 Å². The number of benzene rings is 1. The van der Waals surface area contributed by atoms with Crippen LogP contribution in [0.3, 0.4) is 0 Å². The molecule has 1 aliphatic carbocycles. The van der Waals surface area contributed by atoms with E-state index in [1.165, 1.54) is 22.7 Å². The van der Waals surface area contributed by atoms with Gasteiger partial charge in [0.05, 0.1) is 33.6 Å². The van der Waals surface area contributed by atoms with E-state index in [0.717, 1.165) is 10.2 Å². The quantitative estimate of drug-likeness (QED) is 0.232. The predicted octanol–water partition coefficient (Wildman–Crippen LogP) is 3.75. The average molecular weight is 553 g/mol. The van der Waals surface area contributed by atoms with E-state index in [4.69, 9.17) is 0 Å². The van der Waals surface area contributed by atoms with E-state index in [0.29, 0.717) is 21.3 Å². The highest BCUT2D eigenvalue weighted by atomic mass is 32.1. The summed E-state index contributed by atoms with van der Waals surface area (Å²) >= 11 is 2.61. The van der Waals surface area contributed by atoms with Crippen LogP contribution in [0.5, 0.6) is 0 Å². The molecule has 37 heavy (non-hydrogen) atoms. The fourth-order valence-corrected chi connectivity index (χ4v) is 6.19. The molecule has 4 aromatic rings. The van der Waals surface area contributed by atoms with Gasteiger partial charge in [0.15, 0.2) is 0 Å². The number of para-hydroxylation sites is 1. The Morgan fingerprint density at radius 2 is 1.92 bits per heavy atom. The molecule has 0 spiro atoms. The molecule has 3 aromatic heterocycles. The Morgan fingerprint density at radius 3 is 2.62 bits per heavy atom. The first kappa shape index (κ1) is 25.7. The average Bonchev–Trinajstić information content (AvgIpc) is 3.58. The largest absolute Gasteiger partial charge is 0.405 e. The lowest BCUT2D eigenvalue weighted by Crippen LogP contribution is -2.36. The molecule has 5 N–H and O–H groups in total. The van der Waals surface area contributed by atoms with Gasteiger partial charge in [-0.2, -0.15) is 18.2 Å². The molecule has 1 saturated carbocycles. The number of nitrogens with one attached hydrogen (secondary N) is 2. The third kappa shape index (κ3) is 5.38. The lowest BCUT2D eigenvalue weighted by Gasteiger charge is -2.21. The molecule has 0 bridgehead atoms. The fourth-order valence-electron chi connectivity index (χ4n) is 4.43. The van der Waals surface area contributed by atoms with Crippen LogP contribution in [0.4, 0.5) is 24.9 Å². The number of aromatic nitrogens is 4. The molecule has 0 amide bonds. The minimum absolute atomic E-state index is 0.163. The van der Waals surface area contributed by atoms with E-state index < -0.39 is 43.0 Å². The topological polar surface area (TPSA) is 136 Å². The van der Waals surface area contributed by atoms with Crippen LogP contribution >= 0.6 is 22.7 Å². The lowest BCUT2D eigenvalue weighted by atomic mass is 9.98. The zero-order chi connectivity index (χ0) is 26.3. The molecule has 1 unspecified atom stereocenters. The normalized spacial score (nSPS) is 22.9. The summed E-state index contributed by atoms with van der Waals surface area (Å²) in [5.41, 5.74) is 1.60. The highest BCUT2D eigenvalue weighted by molar-refractivity contribution is 7.21. The number of hydrogen-bond acceptors (Lipinski definition) is 11. The van der Waals surface area contributed by atoms with Crippen LogP contribution in [-0.4, -0.2) is 66.2 Å². The second-order valence-corrected chi connectivity index (χ2v) is 10.7. The Morgan fingerprint density at radius 1 is 1.14 bits per heavy atom. The van der Waals surface area contributed by atoms with Crippen molar-refractivity contribution in [3.05, 3.63) is 46.5 Å². The van der Waals surface area contributed by atoms with E-state index in [1.807, 2.05) is 24.3 Å². The van der Waals surface area contributed by atoms with Crippen molar-refractivity contribution in [3.8, 4) is 10.6 Å². The van der Waals surface area contributed by atoms with Gasteiger partial charge >= 0.3 is 6.18 Å². The Kier molecular flexibility index (Phi) is 7.02. The van der Waals surface area contributed by atoms with Crippen molar-refractivity contribution >= 4 is 44.7 Å². The second-order valence-electron chi connectivity index (χ2n) is 8.76. The van der Waals surface area contributed by atoms with E-state index in [2.05, 4.69) is 30.6 Å². The molecule has 1 aromatic carbocycles. The summed E-state index contributed by atoms with van der Waals surface area (Å²) in [7, 11) is 0. The van der Waals surface area contributed by atoms with Gasteiger partial charge in [-0.25, -0.2) is 15.0 Å². The van der Waals surface area contributed by atoms with Crippen molar-refractivity contribution in [2.24, 2.45) is 5.92 Å². The zero-order valence-electron chi connectivity index (χ0n) is 19.3. The molecule has 0 radical (unpaired) electrons. The van der Waals surface area contributed by atoms with E-state index in [-0.39, 0.29) is 18.2 Å². The number of aryl methyl sites for hydroxylation is 1. The monoisotopic (exact) mass is 552 g/mol. The van der Waals surface area contributed by atoms with Gasteiger partial charge in [-0.05, 0) is 25.5 Å². The van der Waals surface area contributed by atoms with Crippen LogP contribution in [0.1, 0.15) is 23.2 Å². The number of rotatable bonds is 7. The van der Waals surface area contributed by atoms with E-state index in [1.54, 1.807) is 18.5 Å². The van der Waals surface area contributed by atoms with Gasteiger partial charge in [-0.15, -0.1) is 22.7 Å². The van der Waals surface area contributed by atoms with Crippen LogP contribution in [0.25, 0.3) is 20.8 Å². The third-order valence-electron chi connectivity index (χ3n) is 6.20. The number of aliphatic hydroxyl groups excluding tert-OH is 3. The molecule has 3 heterocycles. The molecule has 1 aliphatic rings. The fraction of sp³-hybridized carbons (Fsp3) is 0.391. The number of alkyl halides is 3. The second kappa shape index (κ2) is 10.1. The number of nitrogens with zero attached hydrogens (tertiary/aromatic N) is 4. The molecular formula is C23H23F3N6O3S2. The van der Waals surface area contributed by atoms with Crippen LogP contribution < -0.4 is 10.6 Å². The smallest absolute Gasteiger partial charge is 0.390 e. The van der Waals surface area contributed by atoms with Crippen molar-refractivity contribution in [3.63, 3.8) is 0 Å². The molecule has 0 aliphatic heterocycles. The standard InChI is InChI=1S/C23H23F3N6O3S2/c1-10-15(20-31-12-4-2-3-5-14(12)37-20)19(32-22(29-10)28-9-23(24,25)26)30-13-8-11(16(33)18(13)35)17(34)21-27-6-7-36-21/h2-7,11,13,16-18,33-35H,8-9H2,1H3,(H2,28,29,30,32)/t11-,13+,16+,17?,18-/m0/s1. The van der Waals surface area contributed by atoms with Crippen molar-refractivity contribution in [1.82, 2.24) is 19.9 Å². The number of thiazole rings is 2. The first-order chi connectivity index (χ1) is 17.6. The minimum atomic E-state index is -4.47. The Balaban J connectivity index is 1.49. The van der Waals surface area contributed by atoms with Gasteiger partial charge in [0.2, 0.25) is 5.95 Å². The number of anilines is 2. The SMILES string of the molecule is Cc1nc(NCC(F)(F)F)nc(N[C@@H]2C[C@H](C(O)c3nccs3)[C@@H](O)[C@H]2O)c1-c1nc2ccccc2s1.